The molecule has 0 fully saturated rings. The molecule has 1 heterocycles. The van der Waals surface area contributed by atoms with E-state index in [0.29, 0.717) is 12.2 Å². The molecule has 1 amide bonds. The van der Waals surface area contributed by atoms with E-state index in [1.165, 1.54) is 0 Å². The van der Waals surface area contributed by atoms with Crippen LogP contribution in [0.3, 0.4) is 0 Å². The lowest BCUT2D eigenvalue weighted by molar-refractivity contribution is 0.0950. The third-order valence-electron chi connectivity index (χ3n) is 2.79. The SMILES string of the molecule is CCCNCCNC(=O)c1cc2ccccc2[nH]1. The third-order valence-corrected chi connectivity index (χ3v) is 2.79. The Bertz CT molecular complexity index is 485. The molecule has 0 aliphatic heterocycles. The highest BCUT2D eigenvalue weighted by molar-refractivity contribution is 5.97. The van der Waals surface area contributed by atoms with Gasteiger partial charge in [-0.1, -0.05) is 25.1 Å². The molecule has 0 aliphatic carbocycles. The van der Waals surface area contributed by atoms with Gasteiger partial charge in [0.2, 0.25) is 0 Å². The van der Waals surface area contributed by atoms with E-state index in [1.807, 2.05) is 30.3 Å². The van der Waals surface area contributed by atoms with Crippen LogP contribution >= 0.6 is 0 Å². The molecule has 0 spiro atoms. The predicted octanol–water partition coefficient (Wildman–Crippen LogP) is 1.90. The van der Waals surface area contributed by atoms with Crippen molar-refractivity contribution in [3.63, 3.8) is 0 Å². The summed E-state index contributed by atoms with van der Waals surface area (Å²) >= 11 is 0. The molecule has 0 saturated heterocycles. The molecular formula is C14H19N3O. The molecule has 96 valence electrons. The van der Waals surface area contributed by atoms with E-state index >= 15 is 0 Å². The normalized spacial score (nSPS) is 10.7. The number of aromatic nitrogens is 1. The Labute approximate surface area is 107 Å². The summed E-state index contributed by atoms with van der Waals surface area (Å²) in [6, 6.07) is 9.76. The lowest BCUT2D eigenvalue weighted by Crippen LogP contribution is -2.32. The summed E-state index contributed by atoms with van der Waals surface area (Å²) in [4.78, 5) is 15.0. The maximum atomic E-state index is 11.9. The van der Waals surface area contributed by atoms with E-state index in [0.717, 1.165) is 30.4 Å². The van der Waals surface area contributed by atoms with Crippen LogP contribution in [-0.4, -0.2) is 30.5 Å². The highest BCUT2D eigenvalue weighted by atomic mass is 16.1. The van der Waals surface area contributed by atoms with Gasteiger partial charge in [-0.15, -0.1) is 0 Å². The quantitative estimate of drug-likeness (QED) is 0.681. The highest BCUT2D eigenvalue weighted by Crippen LogP contribution is 2.14. The van der Waals surface area contributed by atoms with Gasteiger partial charge in [0.1, 0.15) is 5.69 Å². The van der Waals surface area contributed by atoms with E-state index in [-0.39, 0.29) is 5.91 Å². The first kappa shape index (κ1) is 12.6. The van der Waals surface area contributed by atoms with Crippen LogP contribution in [-0.2, 0) is 0 Å². The average Bonchev–Trinajstić information content (AvgIpc) is 2.82. The molecule has 0 saturated carbocycles. The molecule has 1 aromatic carbocycles. The number of aromatic amines is 1. The van der Waals surface area contributed by atoms with Crippen LogP contribution in [0.25, 0.3) is 10.9 Å². The maximum absolute atomic E-state index is 11.9. The van der Waals surface area contributed by atoms with Crippen molar-refractivity contribution in [3.05, 3.63) is 36.0 Å². The van der Waals surface area contributed by atoms with Crippen molar-refractivity contribution in [2.45, 2.75) is 13.3 Å². The lowest BCUT2D eigenvalue weighted by atomic mass is 10.2. The van der Waals surface area contributed by atoms with Crippen molar-refractivity contribution in [2.75, 3.05) is 19.6 Å². The molecule has 3 N–H and O–H groups in total. The van der Waals surface area contributed by atoms with Gasteiger partial charge in [0.05, 0.1) is 0 Å². The molecule has 4 heteroatoms. The number of amides is 1. The van der Waals surface area contributed by atoms with Crippen molar-refractivity contribution in [2.24, 2.45) is 0 Å². The summed E-state index contributed by atoms with van der Waals surface area (Å²) in [7, 11) is 0. The second-order valence-electron chi connectivity index (χ2n) is 4.28. The number of H-pyrrole nitrogens is 1. The molecule has 0 bridgehead atoms. The molecule has 0 atom stereocenters. The smallest absolute Gasteiger partial charge is 0.267 e. The average molecular weight is 245 g/mol. The summed E-state index contributed by atoms with van der Waals surface area (Å²) in [6.07, 6.45) is 1.11. The van der Waals surface area contributed by atoms with Crippen LogP contribution in [0, 0.1) is 0 Å². The van der Waals surface area contributed by atoms with Crippen LogP contribution in [0.2, 0.25) is 0 Å². The number of benzene rings is 1. The van der Waals surface area contributed by atoms with Crippen LogP contribution in [0.4, 0.5) is 0 Å². The van der Waals surface area contributed by atoms with E-state index in [2.05, 4.69) is 22.5 Å². The van der Waals surface area contributed by atoms with Gasteiger partial charge in [0.15, 0.2) is 0 Å². The minimum Gasteiger partial charge on any atom is -0.351 e. The number of carbonyl (C=O) groups excluding carboxylic acids is 1. The molecule has 0 unspecified atom stereocenters. The highest BCUT2D eigenvalue weighted by Gasteiger charge is 2.07. The van der Waals surface area contributed by atoms with Crippen LogP contribution in [0.1, 0.15) is 23.8 Å². The summed E-state index contributed by atoms with van der Waals surface area (Å²) < 4.78 is 0. The zero-order valence-corrected chi connectivity index (χ0v) is 10.6. The first-order valence-electron chi connectivity index (χ1n) is 6.38. The van der Waals surface area contributed by atoms with Gasteiger partial charge in [-0.3, -0.25) is 4.79 Å². The number of para-hydroxylation sites is 1. The third kappa shape index (κ3) is 3.11. The first-order chi connectivity index (χ1) is 8.81. The second-order valence-corrected chi connectivity index (χ2v) is 4.28. The van der Waals surface area contributed by atoms with E-state index in [4.69, 9.17) is 0 Å². The Kier molecular flexibility index (Phi) is 4.36. The largest absolute Gasteiger partial charge is 0.351 e. The molecule has 2 aromatic rings. The van der Waals surface area contributed by atoms with Crippen LogP contribution in [0.5, 0.6) is 0 Å². The first-order valence-corrected chi connectivity index (χ1v) is 6.38. The molecule has 18 heavy (non-hydrogen) atoms. The monoisotopic (exact) mass is 245 g/mol. The Balaban J connectivity index is 1.88. The lowest BCUT2D eigenvalue weighted by Gasteiger charge is -2.04. The topological polar surface area (TPSA) is 56.9 Å². The van der Waals surface area contributed by atoms with Gasteiger partial charge in [-0.2, -0.15) is 0 Å². The number of hydrogen-bond acceptors (Lipinski definition) is 2. The van der Waals surface area contributed by atoms with Gasteiger partial charge in [0, 0.05) is 24.0 Å². The van der Waals surface area contributed by atoms with Crippen LogP contribution in [0.15, 0.2) is 30.3 Å². The predicted molar refractivity (Wildman–Crippen MR) is 73.8 cm³/mol. The van der Waals surface area contributed by atoms with E-state index in [1.54, 1.807) is 0 Å². The fraction of sp³-hybridized carbons (Fsp3) is 0.357. The van der Waals surface area contributed by atoms with Gasteiger partial charge >= 0.3 is 0 Å². The number of nitrogens with one attached hydrogen (secondary N) is 3. The van der Waals surface area contributed by atoms with Crippen molar-refractivity contribution in [3.8, 4) is 0 Å². The number of fused-ring (bicyclic) bond motifs is 1. The summed E-state index contributed by atoms with van der Waals surface area (Å²) in [5.41, 5.74) is 1.61. The van der Waals surface area contributed by atoms with Gasteiger partial charge < -0.3 is 15.6 Å². The van der Waals surface area contributed by atoms with Crippen LogP contribution < -0.4 is 10.6 Å². The Hall–Kier alpha value is -1.81. The summed E-state index contributed by atoms with van der Waals surface area (Å²) in [5.74, 6) is -0.0514. The van der Waals surface area contributed by atoms with Gasteiger partial charge in [0.25, 0.3) is 5.91 Å². The molecule has 2 rings (SSSR count). The molecule has 0 radical (unpaired) electrons. The van der Waals surface area contributed by atoms with E-state index < -0.39 is 0 Å². The molecular weight excluding hydrogens is 226 g/mol. The van der Waals surface area contributed by atoms with Gasteiger partial charge in [-0.05, 0) is 25.1 Å². The fourth-order valence-corrected chi connectivity index (χ4v) is 1.86. The number of rotatable bonds is 6. The van der Waals surface area contributed by atoms with Crippen molar-refractivity contribution >= 4 is 16.8 Å². The molecule has 0 aliphatic rings. The summed E-state index contributed by atoms with van der Waals surface area (Å²) in [6.45, 7) is 4.56. The second kappa shape index (κ2) is 6.21. The zero-order chi connectivity index (χ0) is 12.8. The Morgan fingerprint density at radius 3 is 2.83 bits per heavy atom. The Morgan fingerprint density at radius 2 is 2.06 bits per heavy atom. The minimum atomic E-state index is -0.0514. The maximum Gasteiger partial charge on any atom is 0.267 e. The van der Waals surface area contributed by atoms with E-state index in [9.17, 15) is 4.79 Å². The van der Waals surface area contributed by atoms with Crippen molar-refractivity contribution < 1.29 is 4.79 Å². The number of carbonyl (C=O) groups is 1. The standard InChI is InChI=1S/C14H19N3O/c1-2-7-15-8-9-16-14(18)13-10-11-5-3-4-6-12(11)17-13/h3-6,10,15,17H,2,7-9H2,1H3,(H,16,18). The zero-order valence-electron chi connectivity index (χ0n) is 10.6. The summed E-state index contributed by atoms with van der Waals surface area (Å²) in [5, 5.41) is 7.19. The van der Waals surface area contributed by atoms with Crippen molar-refractivity contribution in [1.29, 1.82) is 0 Å². The van der Waals surface area contributed by atoms with Gasteiger partial charge in [-0.25, -0.2) is 0 Å². The molecule has 4 nitrogen and oxygen atoms in total. The number of hydrogen-bond donors (Lipinski definition) is 3. The Morgan fingerprint density at radius 1 is 1.22 bits per heavy atom. The fourth-order valence-electron chi connectivity index (χ4n) is 1.86. The minimum absolute atomic E-state index is 0.0514. The molecule has 1 aromatic heterocycles. The van der Waals surface area contributed by atoms with Crippen molar-refractivity contribution in [1.82, 2.24) is 15.6 Å².